The Morgan fingerprint density at radius 1 is 1.38 bits per heavy atom. The summed E-state index contributed by atoms with van der Waals surface area (Å²) in [5.74, 6) is 5.90. The molecule has 1 N–H and O–H groups in total. The van der Waals surface area contributed by atoms with Crippen molar-refractivity contribution < 1.29 is 9.84 Å². The number of rotatable bonds is 1. The maximum absolute atomic E-state index is 10.0. The molecule has 1 heterocycles. The zero-order chi connectivity index (χ0) is 11.0. The number of epoxide rings is 1. The van der Waals surface area contributed by atoms with Crippen LogP contribution in [-0.2, 0) is 4.74 Å². The van der Waals surface area contributed by atoms with Crippen LogP contribution in [0.5, 0.6) is 0 Å². The number of hydrogen-bond donors (Lipinski definition) is 1. The van der Waals surface area contributed by atoms with Crippen molar-refractivity contribution in [3.63, 3.8) is 0 Å². The number of fused-ring (bicyclic) bond motifs is 1. The minimum Gasteiger partial charge on any atom is -0.377 e. The highest BCUT2D eigenvalue weighted by molar-refractivity contribution is 5.36. The monoisotopic (exact) mass is 214 g/mol. The van der Waals surface area contributed by atoms with Crippen molar-refractivity contribution in [3.8, 4) is 11.8 Å². The molecule has 2 nitrogen and oxygen atoms in total. The smallest absolute Gasteiger partial charge is 0.146 e. The molecule has 0 bridgehead atoms. The van der Waals surface area contributed by atoms with Gasteiger partial charge in [-0.25, -0.2) is 0 Å². The van der Waals surface area contributed by atoms with Crippen LogP contribution in [0, 0.1) is 11.8 Å². The van der Waals surface area contributed by atoms with E-state index in [0.717, 1.165) is 24.8 Å². The minimum atomic E-state index is -0.639. The molecule has 1 saturated carbocycles. The van der Waals surface area contributed by atoms with Gasteiger partial charge in [-0.15, -0.1) is 0 Å². The third kappa shape index (κ3) is 1.53. The molecule has 1 saturated heterocycles. The number of hydrogen-bond acceptors (Lipinski definition) is 2. The van der Waals surface area contributed by atoms with Crippen LogP contribution in [0.4, 0.5) is 0 Å². The molecule has 3 rings (SSSR count). The predicted molar refractivity (Wildman–Crippen MR) is 60.8 cm³/mol. The summed E-state index contributed by atoms with van der Waals surface area (Å²) in [4.78, 5) is 0. The van der Waals surface area contributed by atoms with Crippen molar-refractivity contribution in [2.45, 2.75) is 37.1 Å². The number of aliphatic hydroxyl groups excluding tert-OH is 1. The SMILES string of the molecule is OC(C#Cc1ccccc1)C12CCCC1O2. The maximum Gasteiger partial charge on any atom is 0.146 e. The molecule has 0 radical (unpaired) electrons. The average Bonchev–Trinajstić information content (AvgIpc) is 2.90. The molecule has 16 heavy (non-hydrogen) atoms. The molecular weight excluding hydrogens is 200 g/mol. The van der Waals surface area contributed by atoms with Gasteiger partial charge in [0.25, 0.3) is 0 Å². The van der Waals surface area contributed by atoms with E-state index in [-0.39, 0.29) is 11.7 Å². The van der Waals surface area contributed by atoms with Gasteiger partial charge >= 0.3 is 0 Å². The quantitative estimate of drug-likeness (QED) is 0.570. The molecular formula is C14H14O2. The lowest BCUT2D eigenvalue weighted by molar-refractivity contribution is 0.109. The van der Waals surface area contributed by atoms with Crippen molar-refractivity contribution in [2.75, 3.05) is 0 Å². The van der Waals surface area contributed by atoms with Gasteiger partial charge < -0.3 is 9.84 Å². The molecule has 3 unspecified atom stereocenters. The summed E-state index contributed by atoms with van der Waals surface area (Å²) in [6, 6.07) is 9.73. The summed E-state index contributed by atoms with van der Waals surface area (Å²) < 4.78 is 5.54. The highest BCUT2D eigenvalue weighted by Gasteiger charge is 2.63. The first kappa shape index (κ1) is 9.89. The van der Waals surface area contributed by atoms with Gasteiger partial charge in [0.15, 0.2) is 0 Å². The summed E-state index contributed by atoms with van der Waals surface area (Å²) in [7, 11) is 0. The molecule has 2 fully saturated rings. The van der Waals surface area contributed by atoms with E-state index in [9.17, 15) is 5.11 Å². The Morgan fingerprint density at radius 3 is 2.81 bits per heavy atom. The van der Waals surface area contributed by atoms with Crippen LogP contribution < -0.4 is 0 Å². The van der Waals surface area contributed by atoms with Gasteiger partial charge in [0, 0.05) is 5.56 Å². The molecule has 2 heteroatoms. The van der Waals surface area contributed by atoms with E-state index in [4.69, 9.17) is 4.74 Å². The van der Waals surface area contributed by atoms with Crippen LogP contribution in [-0.4, -0.2) is 22.9 Å². The fourth-order valence-electron chi connectivity index (χ4n) is 2.49. The second-order valence-corrected chi connectivity index (χ2v) is 4.49. The predicted octanol–water partition coefficient (Wildman–Crippen LogP) is 1.72. The largest absolute Gasteiger partial charge is 0.377 e. The summed E-state index contributed by atoms with van der Waals surface area (Å²) >= 11 is 0. The first-order chi connectivity index (χ1) is 7.81. The summed E-state index contributed by atoms with van der Waals surface area (Å²) in [5.41, 5.74) is 0.620. The second-order valence-electron chi connectivity index (χ2n) is 4.49. The van der Waals surface area contributed by atoms with Crippen molar-refractivity contribution in [1.82, 2.24) is 0 Å². The Hall–Kier alpha value is -1.30. The lowest BCUT2D eigenvalue weighted by Crippen LogP contribution is -2.27. The average molecular weight is 214 g/mol. The second kappa shape index (κ2) is 3.62. The molecule has 1 aromatic carbocycles. The fraction of sp³-hybridized carbons (Fsp3) is 0.429. The molecule has 0 spiro atoms. The topological polar surface area (TPSA) is 32.8 Å². The van der Waals surface area contributed by atoms with Gasteiger partial charge in [0.05, 0.1) is 6.10 Å². The van der Waals surface area contributed by atoms with E-state index < -0.39 is 6.10 Å². The zero-order valence-electron chi connectivity index (χ0n) is 9.02. The standard InChI is InChI=1S/C14H14O2/c15-12(14-10-4-7-13(14)16-14)9-8-11-5-2-1-3-6-11/h1-3,5-6,12-13,15H,4,7,10H2. The normalized spacial score (nSPS) is 32.4. The summed E-state index contributed by atoms with van der Waals surface area (Å²) in [5, 5.41) is 10.0. The van der Waals surface area contributed by atoms with Gasteiger partial charge in [0.2, 0.25) is 0 Å². The van der Waals surface area contributed by atoms with Gasteiger partial charge in [-0.3, -0.25) is 0 Å². The highest BCUT2D eigenvalue weighted by Crippen LogP contribution is 2.51. The first-order valence-electron chi connectivity index (χ1n) is 5.74. The van der Waals surface area contributed by atoms with Gasteiger partial charge in [-0.05, 0) is 31.4 Å². The van der Waals surface area contributed by atoms with Crippen molar-refractivity contribution in [1.29, 1.82) is 0 Å². The molecule has 1 aliphatic carbocycles. The molecule has 2 aliphatic rings. The maximum atomic E-state index is 10.0. The third-order valence-electron chi connectivity index (χ3n) is 3.47. The van der Waals surface area contributed by atoms with Crippen molar-refractivity contribution in [3.05, 3.63) is 35.9 Å². The number of aliphatic hydroxyl groups is 1. The zero-order valence-corrected chi connectivity index (χ0v) is 9.02. The van der Waals surface area contributed by atoms with Crippen molar-refractivity contribution in [2.24, 2.45) is 0 Å². The highest BCUT2D eigenvalue weighted by atomic mass is 16.6. The van der Waals surface area contributed by atoms with Crippen molar-refractivity contribution >= 4 is 0 Å². The summed E-state index contributed by atoms with van der Waals surface area (Å²) in [6.07, 6.45) is 2.79. The molecule has 1 aromatic rings. The number of benzene rings is 1. The van der Waals surface area contributed by atoms with Crippen LogP contribution in [0.3, 0.4) is 0 Å². The van der Waals surface area contributed by atoms with E-state index in [1.165, 1.54) is 0 Å². The van der Waals surface area contributed by atoms with E-state index in [1.807, 2.05) is 30.3 Å². The Balaban J connectivity index is 1.74. The Labute approximate surface area is 95.2 Å². The van der Waals surface area contributed by atoms with Gasteiger partial charge in [0.1, 0.15) is 11.7 Å². The van der Waals surface area contributed by atoms with Gasteiger partial charge in [-0.2, -0.15) is 0 Å². The lowest BCUT2D eigenvalue weighted by Gasteiger charge is -2.10. The van der Waals surface area contributed by atoms with Crippen LogP contribution in [0.25, 0.3) is 0 Å². The Bertz CT molecular complexity index is 443. The molecule has 3 atom stereocenters. The van der Waals surface area contributed by atoms with Crippen LogP contribution >= 0.6 is 0 Å². The Morgan fingerprint density at radius 2 is 2.19 bits per heavy atom. The molecule has 82 valence electrons. The van der Waals surface area contributed by atoms with E-state index in [2.05, 4.69) is 11.8 Å². The lowest BCUT2D eigenvalue weighted by atomic mass is 10.00. The molecule has 0 amide bonds. The summed E-state index contributed by atoms with van der Waals surface area (Å²) in [6.45, 7) is 0. The first-order valence-corrected chi connectivity index (χ1v) is 5.74. The van der Waals surface area contributed by atoms with Crippen LogP contribution in [0.15, 0.2) is 30.3 Å². The van der Waals surface area contributed by atoms with Crippen LogP contribution in [0.1, 0.15) is 24.8 Å². The van der Waals surface area contributed by atoms with Gasteiger partial charge in [-0.1, -0.05) is 30.0 Å². The van der Waals surface area contributed by atoms with E-state index in [0.29, 0.717) is 0 Å². The van der Waals surface area contributed by atoms with E-state index in [1.54, 1.807) is 0 Å². The minimum absolute atomic E-state index is 0.257. The third-order valence-corrected chi connectivity index (χ3v) is 3.47. The van der Waals surface area contributed by atoms with Crippen LogP contribution in [0.2, 0.25) is 0 Å². The molecule has 1 aliphatic heterocycles. The van der Waals surface area contributed by atoms with E-state index >= 15 is 0 Å². The number of ether oxygens (including phenoxy) is 1. The Kier molecular flexibility index (Phi) is 2.24. The fourth-order valence-corrected chi connectivity index (χ4v) is 2.49. The molecule has 0 aromatic heterocycles.